The van der Waals surface area contributed by atoms with E-state index in [-0.39, 0.29) is 12.0 Å². The number of nitrogens with one attached hydrogen (secondary N) is 1. The topological polar surface area (TPSA) is 93.4 Å². The van der Waals surface area contributed by atoms with Crippen LogP contribution >= 0.6 is 11.3 Å². The fourth-order valence-corrected chi connectivity index (χ4v) is 3.46. The predicted octanol–water partition coefficient (Wildman–Crippen LogP) is 1.11. The molecule has 1 aliphatic rings. The van der Waals surface area contributed by atoms with Crippen LogP contribution in [0.3, 0.4) is 0 Å². The standard InChI is InChI=1S/C13H17N5O2S/c1-20-13(19)9-3-2-5-18(9)7-10-15-11(17-14)8-4-6-21-12(8)16-10/h4,6,9H,2-3,5,7,14H2,1H3,(H,15,16,17). The molecule has 0 aromatic carbocycles. The molecule has 2 aromatic heterocycles. The van der Waals surface area contributed by atoms with Crippen LogP contribution in [0, 0.1) is 0 Å². The van der Waals surface area contributed by atoms with Gasteiger partial charge in [0.2, 0.25) is 0 Å². The number of esters is 1. The maximum atomic E-state index is 11.8. The van der Waals surface area contributed by atoms with Crippen molar-refractivity contribution in [3.05, 3.63) is 17.3 Å². The zero-order chi connectivity index (χ0) is 14.8. The maximum absolute atomic E-state index is 11.8. The van der Waals surface area contributed by atoms with E-state index >= 15 is 0 Å². The maximum Gasteiger partial charge on any atom is 0.323 e. The summed E-state index contributed by atoms with van der Waals surface area (Å²) < 4.78 is 4.85. The Labute approximate surface area is 126 Å². The van der Waals surface area contributed by atoms with Crippen molar-refractivity contribution in [3.8, 4) is 0 Å². The summed E-state index contributed by atoms with van der Waals surface area (Å²) >= 11 is 1.54. The number of thiophene rings is 1. The number of likely N-dealkylation sites (tertiary alicyclic amines) is 1. The Morgan fingerprint density at radius 3 is 3.24 bits per heavy atom. The summed E-state index contributed by atoms with van der Waals surface area (Å²) in [6, 6.07) is 1.73. The van der Waals surface area contributed by atoms with Crippen molar-refractivity contribution >= 4 is 33.3 Å². The van der Waals surface area contributed by atoms with Crippen LogP contribution in [0.1, 0.15) is 18.7 Å². The van der Waals surface area contributed by atoms with Crippen LogP contribution in [0.5, 0.6) is 0 Å². The first-order chi connectivity index (χ1) is 10.2. The SMILES string of the molecule is COC(=O)C1CCCN1Cc1nc(NN)c2ccsc2n1. The third-order valence-electron chi connectivity index (χ3n) is 3.69. The van der Waals surface area contributed by atoms with E-state index in [1.807, 2.05) is 11.4 Å². The molecular weight excluding hydrogens is 290 g/mol. The highest BCUT2D eigenvalue weighted by Gasteiger charge is 2.32. The Morgan fingerprint density at radius 1 is 1.62 bits per heavy atom. The molecule has 0 saturated carbocycles. The lowest BCUT2D eigenvalue weighted by molar-refractivity contribution is -0.146. The second-order valence-corrected chi connectivity index (χ2v) is 5.82. The number of aromatic nitrogens is 2. The Morgan fingerprint density at radius 2 is 2.48 bits per heavy atom. The van der Waals surface area contributed by atoms with Crippen LogP contribution in [0.4, 0.5) is 5.82 Å². The van der Waals surface area contributed by atoms with Gasteiger partial charge in [-0.3, -0.25) is 9.69 Å². The van der Waals surface area contributed by atoms with Gasteiger partial charge < -0.3 is 10.2 Å². The molecule has 1 unspecified atom stereocenters. The average molecular weight is 307 g/mol. The number of nitrogen functional groups attached to an aromatic ring is 1. The second-order valence-electron chi connectivity index (χ2n) is 4.92. The number of rotatable bonds is 4. The van der Waals surface area contributed by atoms with Crippen LogP contribution in [0.2, 0.25) is 0 Å². The fourth-order valence-electron chi connectivity index (χ4n) is 2.68. The van der Waals surface area contributed by atoms with E-state index in [9.17, 15) is 4.79 Å². The highest BCUT2D eigenvalue weighted by atomic mass is 32.1. The van der Waals surface area contributed by atoms with Gasteiger partial charge in [-0.15, -0.1) is 11.3 Å². The van der Waals surface area contributed by atoms with Crippen LogP contribution in [0.15, 0.2) is 11.4 Å². The molecule has 112 valence electrons. The van der Waals surface area contributed by atoms with Crippen molar-refractivity contribution in [2.45, 2.75) is 25.4 Å². The van der Waals surface area contributed by atoms with Gasteiger partial charge in [-0.25, -0.2) is 15.8 Å². The molecule has 0 amide bonds. The minimum Gasteiger partial charge on any atom is -0.468 e. The summed E-state index contributed by atoms with van der Waals surface area (Å²) in [4.78, 5) is 23.7. The third kappa shape index (κ3) is 2.69. The molecule has 8 heteroatoms. The van der Waals surface area contributed by atoms with Gasteiger partial charge in [-0.2, -0.15) is 0 Å². The molecule has 2 aromatic rings. The summed E-state index contributed by atoms with van der Waals surface area (Å²) in [6.45, 7) is 1.36. The molecule has 1 atom stereocenters. The number of hydrogen-bond donors (Lipinski definition) is 2. The number of anilines is 1. The van der Waals surface area contributed by atoms with Gasteiger partial charge in [0.1, 0.15) is 16.7 Å². The largest absolute Gasteiger partial charge is 0.468 e. The fraction of sp³-hybridized carbons (Fsp3) is 0.462. The quantitative estimate of drug-likeness (QED) is 0.496. The Balaban J connectivity index is 1.85. The smallest absolute Gasteiger partial charge is 0.323 e. The molecule has 1 fully saturated rings. The number of carbonyl (C=O) groups excluding carboxylic acids is 1. The van der Waals surface area contributed by atoms with E-state index in [4.69, 9.17) is 10.6 Å². The number of nitrogens with zero attached hydrogens (tertiary/aromatic N) is 3. The molecule has 0 radical (unpaired) electrons. The lowest BCUT2D eigenvalue weighted by Gasteiger charge is -2.21. The van der Waals surface area contributed by atoms with Crippen LogP contribution in [0.25, 0.3) is 10.2 Å². The molecular formula is C13H17N5O2S. The lowest BCUT2D eigenvalue weighted by Crippen LogP contribution is -2.36. The van der Waals surface area contributed by atoms with Gasteiger partial charge in [0.25, 0.3) is 0 Å². The third-order valence-corrected chi connectivity index (χ3v) is 4.50. The summed E-state index contributed by atoms with van der Waals surface area (Å²) in [7, 11) is 1.42. The monoisotopic (exact) mass is 307 g/mol. The van der Waals surface area contributed by atoms with E-state index in [2.05, 4.69) is 20.3 Å². The molecule has 1 aliphatic heterocycles. The first-order valence-electron chi connectivity index (χ1n) is 6.75. The summed E-state index contributed by atoms with van der Waals surface area (Å²) in [5.74, 6) is 6.61. The second kappa shape index (κ2) is 5.92. The van der Waals surface area contributed by atoms with Crippen molar-refractivity contribution in [3.63, 3.8) is 0 Å². The summed E-state index contributed by atoms with van der Waals surface area (Å²) in [5, 5.41) is 2.87. The van der Waals surface area contributed by atoms with E-state index in [1.165, 1.54) is 7.11 Å². The van der Waals surface area contributed by atoms with Crippen molar-refractivity contribution in [1.29, 1.82) is 0 Å². The molecule has 7 nitrogen and oxygen atoms in total. The van der Waals surface area contributed by atoms with Gasteiger partial charge >= 0.3 is 5.97 Å². The van der Waals surface area contributed by atoms with Crippen molar-refractivity contribution in [2.75, 3.05) is 19.1 Å². The number of methoxy groups -OCH3 is 1. The van der Waals surface area contributed by atoms with E-state index in [0.717, 1.165) is 29.6 Å². The van der Waals surface area contributed by atoms with Crippen LogP contribution < -0.4 is 11.3 Å². The number of ether oxygens (including phenoxy) is 1. The minimum atomic E-state index is -0.202. The van der Waals surface area contributed by atoms with Crippen molar-refractivity contribution in [1.82, 2.24) is 14.9 Å². The highest BCUT2D eigenvalue weighted by Crippen LogP contribution is 2.26. The molecule has 1 saturated heterocycles. The van der Waals surface area contributed by atoms with Crippen LogP contribution in [-0.2, 0) is 16.1 Å². The Hall–Kier alpha value is -1.77. The number of hydrogen-bond acceptors (Lipinski definition) is 8. The first kappa shape index (κ1) is 14.2. The van der Waals surface area contributed by atoms with E-state index < -0.39 is 0 Å². The molecule has 3 N–H and O–H groups in total. The van der Waals surface area contributed by atoms with Gasteiger partial charge in [0.15, 0.2) is 5.82 Å². The predicted molar refractivity (Wildman–Crippen MR) is 80.7 cm³/mol. The van der Waals surface area contributed by atoms with Gasteiger partial charge in [0.05, 0.1) is 19.0 Å². The van der Waals surface area contributed by atoms with E-state index in [0.29, 0.717) is 18.2 Å². The number of hydrazine groups is 1. The number of fused-ring (bicyclic) bond motifs is 1. The highest BCUT2D eigenvalue weighted by molar-refractivity contribution is 7.16. The van der Waals surface area contributed by atoms with Crippen molar-refractivity contribution in [2.24, 2.45) is 5.84 Å². The number of nitrogens with two attached hydrogens (primary N) is 1. The normalized spacial score (nSPS) is 19.0. The first-order valence-corrected chi connectivity index (χ1v) is 7.63. The van der Waals surface area contributed by atoms with Gasteiger partial charge in [-0.05, 0) is 30.8 Å². The van der Waals surface area contributed by atoms with Crippen LogP contribution in [-0.4, -0.2) is 40.5 Å². The lowest BCUT2D eigenvalue weighted by atomic mass is 10.2. The van der Waals surface area contributed by atoms with Crippen molar-refractivity contribution < 1.29 is 9.53 Å². The zero-order valence-corrected chi connectivity index (χ0v) is 12.5. The van der Waals surface area contributed by atoms with Gasteiger partial charge in [0, 0.05) is 0 Å². The molecule has 0 spiro atoms. The molecule has 3 heterocycles. The molecule has 21 heavy (non-hydrogen) atoms. The molecule has 3 rings (SSSR count). The van der Waals surface area contributed by atoms with Gasteiger partial charge in [-0.1, -0.05) is 0 Å². The summed E-state index contributed by atoms with van der Waals surface area (Å²) in [6.07, 6.45) is 1.79. The molecule has 0 bridgehead atoms. The molecule has 0 aliphatic carbocycles. The zero-order valence-electron chi connectivity index (χ0n) is 11.7. The van der Waals surface area contributed by atoms with E-state index in [1.54, 1.807) is 11.3 Å². The number of carbonyl (C=O) groups is 1. The summed E-state index contributed by atoms with van der Waals surface area (Å²) in [5.41, 5.74) is 2.61. The average Bonchev–Trinajstić information content (AvgIpc) is 3.14. The Bertz CT molecular complexity index is 659. The minimum absolute atomic E-state index is 0.193. The Kier molecular flexibility index (Phi) is 4.00.